The zero-order chi connectivity index (χ0) is 39.8. The molecule has 0 aromatic heterocycles. The second-order valence-corrected chi connectivity index (χ2v) is 31.4. The summed E-state index contributed by atoms with van der Waals surface area (Å²) >= 11 is 0. The van der Waals surface area contributed by atoms with Crippen LogP contribution >= 0.6 is 0 Å². The molecule has 3 aliphatic carbocycles. The van der Waals surface area contributed by atoms with E-state index < -0.39 is 26.8 Å². The van der Waals surface area contributed by atoms with Crippen molar-refractivity contribution >= 4 is 26.8 Å². The lowest BCUT2D eigenvalue weighted by molar-refractivity contribution is 0.0650. The Morgan fingerprint density at radius 3 is 1.98 bits per heavy atom. The Hall–Kier alpha value is -1.30. The van der Waals surface area contributed by atoms with Crippen molar-refractivity contribution in [1.29, 1.82) is 0 Å². The summed E-state index contributed by atoms with van der Waals surface area (Å²) in [6.07, 6.45) is 14.7. The third-order valence-electron chi connectivity index (χ3n) is 14.7. The normalized spacial score (nSPS) is 28.2. The molecule has 0 N–H and O–H groups in total. The highest BCUT2D eigenvalue weighted by atomic mass is 32.2. The molecule has 7 atom stereocenters. The quantitative estimate of drug-likeness (QED) is 0.113. The van der Waals surface area contributed by atoms with Crippen LogP contribution in [0.2, 0.25) is 36.3 Å². The molecule has 5 nitrogen and oxygen atoms in total. The molecule has 8 heteroatoms. The molecule has 0 saturated heterocycles. The highest BCUT2D eigenvalue weighted by Crippen LogP contribution is 2.60. The minimum atomic E-state index is -3.75. The van der Waals surface area contributed by atoms with Crippen molar-refractivity contribution in [3.8, 4) is 0 Å². The van der Waals surface area contributed by atoms with Crippen molar-refractivity contribution in [3.05, 3.63) is 65.3 Å². The van der Waals surface area contributed by atoms with Gasteiger partial charge in [0, 0.05) is 0 Å². The Kier molecular flexibility index (Phi) is 14.0. The van der Waals surface area contributed by atoms with E-state index in [1.54, 1.807) is 17.7 Å². The Balaban J connectivity index is 1.51. The van der Waals surface area contributed by atoms with Gasteiger partial charge in [0.15, 0.2) is 16.6 Å². The molecule has 3 fully saturated rings. The fourth-order valence-electron chi connectivity index (χ4n) is 9.08. The van der Waals surface area contributed by atoms with Gasteiger partial charge in [-0.15, -0.1) is 0 Å². The molecule has 0 heterocycles. The average molecular weight is 785 g/mol. The minimum absolute atomic E-state index is 0.0146. The molecule has 53 heavy (non-hydrogen) atoms. The second-order valence-electron chi connectivity index (χ2n) is 20.3. The van der Waals surface area contributed by atoms with Crippen LogP contribution in [0, 0.1) is 36.0 Å². The Bertz CT molecular complexity index is 1550. The van der Waals surface area contributed by atoms with Crippen molar-refractivity contribution in [3.63, 3.8) is 0 Å². The largest absolute Gasteiger partial charge is 0.410 e. The standard InChI is InChI=1S/C45H76O5SSi2/c1-16-36(27-29-48-51(46,47)38-23-19-32(2)20-24-38)33(3)39-25-26-40-37(18-17-28-45(39,40)11)22-21-35-30-41(49-52(12,13)43(5,6)7)34(4)42(31-35)50-53(14,15)44(8,9)10/h19-24,33,36,39-42H,4,16-18,25-31H2,1-3,5-15H3/b37-22+/t33-,36+,39-,40+,41-,42-,45-/m1/s1. The number of aryl methyl sites for hydroxylation is 1. The number of benzene rings is 1. The van der Waals surface area contributed by atoms with Gasteiger partial charge in [-0.3, -0.25) is 4.18 Å². The second kappa shape index (κ2) is 16.7. The SMILES string of the molecule is C=C1[C@H](O[Si](C)(C)C(C)(C)C)CC(=C/C=C2\CCC[C@]3(C)[C@@H]([C@H](C)[C@@H](CC)CCOS(=O)(=O)c4ccc(C)cc4)CC[C@@H]23)C[C@H]1O[Si](C)(C)C(C)(C)C. The highest BCUT2D eigenvalue weighted by Gasteiger charge is 2.52. The van der Waals surface area contributed by atoms with Crippen molar-refractivity contribution in [2.45, 2.75) is 180 Å². The third kappa shape index (κ3) is 10.2. The third-order valence-corrected chi connectivity index (χ3v) is 25.0. The number of allylic oxidation sites excluding steroid dienone is 3. The lowest BCUT2D eigenvalue weighted by Crippen LogP contribution is -2.49. The van der Waals surface area contributed by atoms with Gasteiger partial charge in [-0.2, -0.15) is 8.42 Å². The van der Waals surface area contributed by atoms with Crippen LogP contribution in [0.1, 0.15) is 126 Å². The zero-order valence-corrected chi connectivity index (χ0v) is 39.0. The van der Waals surface area contributed by atoms with Gasteiger partial charge in [0.05, 0.1) is 23.7 Å². The lowest BCUT2D eigenvalue weighted by atomic mass is 9.59. The minimum Gasteiger partial charge on any atom is -0.410 e. The Morgan fingerprint density at radius 1 is 0.925 bits per heavy atom. The topological polar surface area (TPSA) is 61.8 Å². The van der Waals surface area contributed by atoms with Gasteiger partial charge in [-0.05, 0) is 141 Å². The molecule has 3 saturated carbocycles. The summed E-state index contributed by atoms with van der Waals surface area (Å²) < 4.78 is 45.6. The predicted molar refractivity (Wildman–Crippen MR) is 229 cm³/mol. The summed E-state index contributed by atoms with van der Waals surface area (Å²) in [5, 5.41) is 0.246. The molecule has 4 rings (SSSR count). The lowest BCUT2D eigenvalue weighted by Gasteiger charge is -2.46. The molecule has 0 bridgehead atoms. The van der Waals surface area contributed by atoms with Crippen LogP contribution in [-0.2, 0) is 23.2 Å². The van der Waals surface area contributed by atoms with E-state index in [2.05, 4.69) is 107 Å². The summed E-state index contributed by atoms with van der Waals surface area (Å²) in [6, 6.07) is 6.93. The number of rotatable bonds is 13. The van der Waals surface area contributed by atoms with E-state index in [0.717, 1.165) is 36.8 Å². The van der Waals surface area contributed by atoms with Crippen LogP contribution in [0.5, 0.6) is 0 Å². The first-order valence-electron chi connectivity index (χ1n) is 20.7. The summed E-state index contributed by atoms with van der Waals surface area (Å²) in [7, 11) is -7.80. The maximum absolute atomic E-state index is 12.9. The van der Waals surface area contributed by atoms with Crippen LogP contribution in [-0.4, -0.2) is 43.9 Å². The molecule has 300 valence electrons. The maximum Gasteiger partial charge on any atom is 0.296 e. The van der Waals surface area contributed by atoms with Gasteiger partial charge in [0.2, 0.25) is 0 Å². The van der Waals surface area contributed by atoms with Gasteiger partial charge in [-0.25, -0.2) is 0 Å². The van der Waals surface area contributed by atoms with Crippen molar-refractivity contribution < 1.29 is 21.5 Å². The van der Waals surface area contributed by atoms with E-state index in [1.165, 1.54) is 37.7 Å². The molecule has 1 aromatic carbocycles. The maximum atomic E-state index is 12.9. The molecule has 0 radical (unpaired) electrons. The fraction of sp³-hybridized carbons (Fsp3) is 0.733. The van der Waals surface area contributed by atoms with E-state index in [1.807, 2.05) is 19.1 Å². The summed E-state index contributed by atoms with van der Waals surface area (Å²) in [6.45, 7) is 37.4. The molecule has 0 aliphatic heterocycles. The molecular weight excluding hydrogens is 709 g/mol. The van der Waals surface area contributed by atoms with E-state index in [-0.39, 0.29) is 39.2 Å². The van der Waals surface area contributed by atoms with Crippen LogP contribution in [0.25, 0.3) is 0 Å². The Labute approximate surface area is 328 Å². The van der Waals surface area contributed by atoms with Gasteiger partial charge >= 0.3 is 0 Å². The first-order valence-corrected chi connectivity index (χ1v) is 27.9. The van der Waals surface area contributed by atoms with Crippen molar-refractivity contribution in [2.24, 2.45) is 29.1 Å². The van der Waals surface area contributed by atoms with E-state index in [0.29, 0.717) is 23.7 Å². The number of fused-ring (bicyclic) bond motifs is 1. The van der Waals surface area contributed by atoms with Crippen molar-refractivity contribution in [1.82, 2.24) is 0 Å². The van der Waals surface area contributed by atoms with Crippen molar-refractivity contribution in [2.75, 3.05) is 6.61 Å². The van der Waals surface area contributed by atoms with Gasteiger partial charge < -0.3 is 8.85 Å². The van der Waals surface area contributed by atoms with Crippen LogP contribution < -0.4 is 0 Å². The van der Waals surface area contributed by atoms with E-state index in [9.17, 15) is 8.42 Å². The smallest absolute Gasteiger partial charge is 0.296 e. The van der Waals surface area contributed by atoms with Gasteiger partial charge in [-0.1, -0.05) is 116 Å². The summed E-state index contributed by atoms with van der Waals surface area (Å²) in [5.41, 5.74) is 5.47. The first-order chi connectivity index (χ1) is 24.3. The average Bonchev–Trinajstić information content (AvgIpc) is 3.40. The highest BCUT2D eigenvalue weighted by molar-refractivity contribution is 7.86. The van der Waals surface area contributed by atoms with Crippen LogP contribution in [0.4, 0.5) is 0 Å². The van der Waals surface area contributed by atoms with E-state index in [4.69, 9.17) is 13.0 Å². The molecule has 0 amide bonds. The van der Waals surface area contributed by atoms with Gasteiger partial charge in [0.25, 0.3) is 10.1 Å². The fourth-order valence-corrected chi connectivity index (χ4v) is 12.6. The van der Waals surface area contributed by atoms with Crippen LogP contribution in [0.3, 0.4) is 0 Å². The van der Waals surface area contributed by atoms with Crippen LogP contribution in [0.15, 0.2) is 64.6 Å². The van der Waals surface area contributed by atoms with E-state index >= 15 is 0 Å². The number of hydrogen-bond donors (Lipinski definition) is 0. The summed E-state index contributed by atoms with van der Waals surface area (Å²) in [4.78, 5) is 0.238. The van der Waals surface area contributed by atoms with Gasteiger partial charge in [0.1, 0.15) is 0 Å². The Morgan fingerprint density at radius 2 is 1.47 bits per heavy atom. The molecule has 0 unspecified atom stereocenters. The zero-order valence-electron chi connectivity index (χ0n) is 36.2. The molecular formula is C45H76O5SSi2. The molecule has 0 spiro atoms. The summed E-state index contributed by atoms with van der Waals surface area (Å²) in [5.74, 6) is 2.13. The molecule has 3 aliphatic rings. The monoisotopic (exact) mass is 784 g/mol. The molecule has 1 aromatic rings. The number of hydrogen-bond acceptors (Lipinski definition) is 5. The first kappa shape index (κ1) is 44.4. The predicted octanol–water partition coefficient (Wildman–Crippen LogP) is 13.0.